The third-order valence-electron chi connectivity index (χ3n) is 3.16. The van der Waals surface area contributed by atoms with E-state index in [4.69, 9.17) is 10.5 Å². The largest absolute Gasteiger partial charge is 0.482 e. The zero-order valence-electron chi connectivity index (χ0n) is 11.8. The lowest BCUT2D eigenvalue weighted by Crippen LogP contribution is -2.26. The molecule has 2 rings (SSSR count). The Balaban J connectivity index is 2.13. The molecule has 3 nitrogen and oxygen atoms in total. The summed E-state index contributed by atoms with van der Waals surface area (Å²) in [6.07, 6.45) is 0.151. The van der Waals surface area contributed by atoms with Gasteiger partial charge in [-0.15, -0.1) is 0 Å². The molecule has 0 amide bonds. The van der Waals surface area contributed by atoms with Gasteiger partial charge in [-0.1, -0.05) is 36.8 Å². The summed E-state index contributed by atoms with van der Waals surface area (Å²) in [4.78, 5) is 12.4. The lowest BCUT2D eigenvalue weighted by atomic mass is 10.0. The number of nitrogens with two attached hydrogens (primary N) is 1. The number of ether oxygens (including phenoxy) is 1. The van der Waals surface area contributed by atoms with E-state index >= 15 is 0 Å². The Bertz CT molecular complexity index is 573. The molecule has 0 heterocycles. The van der Waals surface area contributed by atoms with E-state index in [0.29, 0.717) is 23.4 Å². The first-order chi connectivity index (χ1) is 9.60. The normalized spacial score (nSPS) is 11.9. The Labute approximate surface area is 119 Å². The summed E-state index contributed by atoms with van der Waals surface area (Å²) < 4.78 is 5.76. The van der Waals surface area contributed by atoms with Crippen LogP contribution in [0.25, 0.3) is 0 Å². The molecule has 0 aliphatic heterocycles. The van der Waals surface area contributed by atoms with Gasteiger partial charge in [0.25, 0.3) is 0 Å². The number of rotatable bonds is 5. The molecule has 0 radical (unpaired) electrons. The first kappa shape index (κ1) is 14.1. The zero-order valence-corrected chi connectivity index (χ0v) is 11.8. The number of carbonyl (C=O) groups is 1. The predicted molar refractivity (Wildman–Crippen MR) is 81.1 cm³/mol. The number of aryl methyl sites for hydroxylation is 1. The van der Waals surface area contributed by atoms with Gasteiger partial charge >= 0.3 is 0 Å². The summed E-state index contributed by atoms with van der Waals surface area (Å²) in [5.74, 6) is 0.663. The molecule has 0 aliphatic rings. The lowest BCUT2D eigenvalue weighted by molar-refractivity contribution is 0.0786. The first-order valence-electron chi connectivity index (χ1n) is 6.73. The van der Waals surface area contributed by atoms with Crippen molar-refractivity contribution in [2.75, 3.05) is 5.73 Å². The van der Waals surface area contributed by atoms with Crippen LogP contribution in [-0.4, -0.2) is 11.9 Å². The summed E-state index contributed by atoms with van der Waals surface area (Å²) in [5.41, 5.74) is 8.12. The predicted octanol–water partition coefficient (Wildman–Crippen LogP) is 3.62. The molecule has 104 valence electrons. The number of benzene rings is 2. The minimum absolute atomic E-state index is 0.00400. The molecule has 0 saturated carbocycles. The number of carbonyl (C=O) groups excluding carboxylic acids is 1. The topological polar surface area (TPSA) is 52.3 Å². The van der Waals surface area contributed by atoms with Crippen molar-refractivity contribution in [1.82, 2.24) is 0 Å². The molecule has 1 unspecified atom stereocenters. The molecule has 20 heavy (non-hydrogen) atoms. The Hall–Kier alpha value is -2.29. The second-order valence-electron chi connectivity index (χ2n) is 4.81. The standard InChI is InChI=1S/C17H19NO2/c1-3-16(20-15-10-8-14(18)9-11-15)17(19)13-6-4-12(2)5-7-13/h4-11,16H,3,18H2,1-2H3. The molecule has 0 aliphatic carbocycles. The molecule has 2 aromatic rings. The van der Waals surface area contributed by atoms with Crippen molar-refractivity contribution in [2.45, 2.75) is 26.4 Å². The fourth-order valence-corrected chi connectivity index (χ4v) is 1.94. The Morgan fingerprint density at radius 1 is 1.10 bits per heavy atom. The molecule has 0 spiro atoms. The van der Waals surface area contributed by atoms with Gasteiger partial charge in [0.1, 0.15) is 5.75 Å². The molecule has 2 aromatic carbocycles. The highest BCUT2D eigenvalue weighted by Crippen LogP contribution is 2.18. The van der Waals surface area contributed by atoms with Crippen LogP contribution >= 0.6 is 0 Å². The molecule has 3 heteroatoms. The molecular weight excluding hydrogens is 250 g/mol. The summed E-state index contributed by atoms with van der Waals surface area (Å²) in [6, 6.07) is 14.6. The van der Waals surface area contributed by atoms with E-state index in [-0.39, 0.29) is 5.78 Å². The monoisotopic (exact) mass is 269 g/mol. The molecular formula is C17H19NO2. The van der Waals surface area contributed by atoms with Crippen LogP contribution in [0.1, 0.15) is 29.3 Å². The van der Waals surface area contributed by atoms with Crippen molar-refractivity contribution < 1.29 is 9.53 Å². The second kappa shape index (κ2) is 6.24. The van der Waals surface area contributed by atoms with Gasteiger partial charge in [-0.25, -0.2) is 0 Å². The van der Waals surface area contributed by atoms with Gasteiger partial charge in [0.2, 0.25) is 5.78 Å². The van der Waals surface area contributed by atoms with E-state index in [2.05, 4.69) is 0 Å². The van der Waals surface area contributed by atoms with E-state index in [1.807, 2.05) is 38.1 Å². The molecule has 0 saturated heterocycles. The van der Waals surface area contributed by atoms with Crippen LogP contribution in [0.15, 0.2) is 48.5 Å². The van der Waals surface area contributed by atoms with Crippen LogP contribution in [0.3, 0.4) is 0 Å². The minimum Gasteiger partial charge on any atom is -0.482 e. The van der Waals surface area contributed by atoms with Crippen molar-refractivity contribution in [2.24, 2.45) is 0 Å². The fourth-order valence-electron chi connectivity index (χ4n) is 1.94. The van der Waals surface area contributed by atoms with Crippen molar-refractivity contribution in [1.29, 1.82) is 0 Å². The van der Waals surface area contributed by atoms with Gasteiger partial charge < -0.3 is 10.5 Å². The zero-order chi connectivity index (χ0) is 14.5. The average Bonchev–Trinajstić information content (AvgIpc) is 2.47. The van der Waals surface area contributed by atoms with Crippen molar-refractivity contribution >= 4 is 11.5 Å². The van der Waals surface area contributed by atoms with Crippen LogP contribution < -0.4 is 10.5 Å². The summed E-state index contributed by atoms with van der Waals surface area (Å²) in [5, 5.41) is 0. The number of ketones is 1. The number of anilines is 1. The SMILES string of the molecule is CCC(Oc1ccc(N)cc1)C(=O)c1ccc(C)cc1. The highest BCUT2D eigenvalue weighted by atomic mass is 16.5. The van der Waals surface area contributed by atoms with Crippen LogP contribution in [0.5, 0.6) is 5.75 Å². The summed E-state index contributed by atoms with van der Waals surface area (Å²) in [6.45, 7) is 3.94. The van der Waals surface area contributed by atoms with E-state index in [1.165, 1.54) is 0 Å². The smallest absolute Gasteiger partial charge is 0.203 e. The van der Waals surface area contributed by atoms with Crippen LogP contribution in [0.4, 0.5) is 5.69 Å². The Morgan fingerprint density at radius 3 is 2.25 bits per heavy atom. The third kappa shape index (κ3) is 3.38. The average molecular weight is 269 g/mol. The first-order valence-corrected chi connectivity index (χ1v) is 6.73. The quantitative estimate of drug-likeness (QED) is 0.666. The summed E-state index contributed by atoms with van der Waals surface area (Å²) in [7, 11) is 0. The van der Waals surface area contributed by atoms with Crippen LogP contribution in [0.2, 0.25) is 0 Å². The van der Waals surface area contributed by atoms with E-state index in [1.54, 1.807) is 24.3 Å². The van der Waals surface area contributed by atoms with E-state index in [0.717, 1.165) is 5.56 Å². The van der Waals surface area contributed by atoms with Crippen LogP contribution in [0, 0.1) is 6.92 Å². The van der Waals surface area contributed by atoms with Gasteiger partial charge in [-0.3, -0.25) is 4.79 Å². The number of nitrogen functional groups attached to an aromatic ring is 1. The number of hydrogen-bond acceptors (Lipinski definition) is 3. The third-order valence-corrected chi connectivity index (χ3v) is 3.16. The minimum atomic E-state index is -0.471. The highest BCUT2D eigenvalue weighted by Gasteiger charge is 2.19. The Kier molecular flexibility index (Phi) is 4.41. The van der Waals surface area contributed by atoms with Crippen molar-refractivity contribution in [3.63, 3.8) is 0 Å². The molecule has 0 fully saturated rings. The van der Waals surface area contributed by atoms with Crippen molar-refractivity contribution in [3.8, 4) is 5.75 Å². The van der Waals surface area contributed by atoms with Gasteiger partial charge in [-0.2, -0.15) is 0 Å². The number of hydrogen-bond donors (Lipinski definition) is 1. The van der Waals surface area contributed by atoms with Gasteiger partial charge in [0.05, 0.1) is 0 Å². The Morgan fingerprint density at radius 2 is 1.70 bits per heavy atom. The van der Waals surface area contributed by atoms with Gasteiger partial charge in [-0.05, 0) is 37.6 Å². The maximum atomic E-state index is 12.4. The molecule has 1 atom stereocenters. The maximum Gasteiger partial charge on any atom is 0.203 e. The lowest BCUT2D eigenvalue weighted by Gasteiger charge is -2.16. The number of Topliss-reactive ketones (excluding diaryl/α,β-unsaturated/α-hetero) is 1. The second-order valence-corrected chi connectivity index (χ2v) is 4.81. The molecule has 0 aromatic heterocycles. The van der Waals surface area contributed by atoms with E-state index in [9.17, 15) is 4.79 Å². The highest BCUT2D eigenvalue weighted by molar-refractivity contribution is 5.99. The van der Waals surface area contributed by atoms with Gasteiger partial charge in [0, 0.05) is 11.3 Å². The van der Waals surface area contributed by atoms with Gasteiger partial charge in [0.15, 0.2) is 6.10 Å². The maximum absolute atomic E-state index is 12.4. The summed E-state index contributed by atoms with van der Waals surface area (Å²) >= 11 is 0. The fraction of sp³-hybridized carbons (Fsp3) is 0.235. The molecule has 0 bridgehead atoms. The molecule has 2 N–H and O–H groups in total. The van der Waals surface area contributed by atoms with E-state index < -0.39 is 6.10 Å². The van der Waals surface area contributed by atoms with Crippen molar-refractivity contribution in [3.05, 3.63) is 59.7 Å². The van der Waals surface area contributed by atoms with Crippen LogP contribution in [-0.2, 0) is 0 Å².